The van der Waals surface area contributed by atoms with Crippen LogP contribution in [0.15, 0.2) is 30.2 Å². The summed E-state index contributed by atoms with van der Waals surface area (Å²) in [5, 5.41) is 0. The van der Waals surface area contributed by atoms with Gasteiger partial charge in [0.15, 0.2) is 0 Å². The normalized spacial score (nSPS) is 21.1. The molecule has 0 saturated carbocycles. The van der Waals surface area contributed by atoms with E-state index in [1.54, 1.807) is 0 Å². The smallest absolute Gasteiger partial charge is 0.400 e. The molecule has 3 heteroatoms. The van der Waals surface area contributed by atoms with E-state index in [0.29, 0.717) is 5.92 Å². The standard InChI is InChI=1S/C17H25BO2/c1-13(2)15-9-7-14(8-10-15)11-12-18-19-16(3,4)17(5,6)20-18/h7-13H,1-6H3. The van der Waals surface area contributed by atoms with Gasteiger partial charge in [-0.25, -0.2) is 0 Å². The minimum Gasteiger partial charge on any atom is -0.400 e. The molecule has 0 atom stereocenters. The molecule has 0 radical (unpaired) electrons. The fourth-order valence-corrected chi connectivity index (χ4v) is 2.15. The molecule has 1 aromatic rings. The molecule has 2 nitrogen and oxygen atoms in total. The van der Waals surface area contributed by atoms with Crippen molar-refractivity contribution in [2.45, 2.75) is 58.7 Å². The highest BCUT2D eigenvalue weighted by Crippen LogP contribution is 2.37. The molecule has 1 saturated heterocycles. The molecule has 1 aliphatic heterocycles. The lowest BCUT2D eigenvalue weighted by Gasteiger charge is -2.32. The van der Waals surface area contributed by atoms with Crippen LogP contribution in [0, 0.1) is 0 Å². The summed E-state index contributed by atoms with van der Waals surface area (Å²) in [4.78, 5) is 0. The van der Waals surface area contributed by atoms with Gasteiger partial charge in [-0.1, -0.05) is 50.2 Å². The predicted octanol–water partition coefficient (Wildman–Crippen LogP) is 4.45. The lowest BCUT2D eigenvalue weighted by molar-refractivity contribution is 0.00578. The number of hydrogen-bond donors (Lipinski definition) is 0. The first kappa shape index (κ1) is 15.3. The van der Waals surface area contributed by atoms with Crippen LogP contribution >= 0.6 is 0 Å². The third-order valence-corrected chi connectivity index (χ3v) is 4.32. The fourth-order valence-electron chi connectivity index (χ4n) is 2.15. The first-order chi connectivity index (χ1) is 9.21. The van der Waals surface area contributed by atoms with Gasteiger partial charge in [0.1, 0.15) is 0 Å². The van der Waals surface area contributed by atoms with Crippen molar-refractivity contribution < 1.29 is 9.31 Å². The fraction of sp³-hybridized carbons (Fsp3) is 0.529. The van der Waals surface area contributed by atoms with Gasteiger partial charge in [-0.15, -0.1) is 0 Å². The quantitative estimate of drug-likeness (QED) is 0.756. The molecule has 0 aromatic heterocycles. The van der Waals surface area contributed by atoms with E-state index in [1.165, 1.54) is 11.1 Å². The van der Waals surface area contributed by atoms with E-state index in [0.717, 1.165) is 0 Å². The second kappa shape index (κ2) is 5.38. The first-order valence-corrected chi connectivity index (χ1v) is 7.35. The zero-order valence-electron chi connectivity index (χ0n) is 13.4. The third-order valence-electron chi connectivity index (χ3n) is 4.32. The van der Waals surface area contributed by atoms with Gasteiger partial charge >= 0.3 is 7.12 Å². The van der Waals surface area contributed by atoms with E-state index in [1.807, 2.05) is 5.98 Å². The first-order valence-electron chi connectivity index (χ1n) is 7.35. The van der Waals surface area contributed by atoms with Gasteiger partial charge in [0.25, 0.3) is 0 Å². The highest BCUT2D eigenvalue weighted by molar-refractivity contribution is 6.52. The Bertz CT molecular complexity index is 470. The molecule has 20 heavy (non-hydrogen) atoms. The summed E-state index contributed by atoms with van der Waals surface area (Å²) < 4.78 is 11.9. The maximum Gasteiger partial charge on any atom is 0.487 e. The van der Waals surface area contributed by atoms with E-state index in [9.17, 15) is 0 Å². The summed E-state index contributed by atoms with van der Waals surface area (Å²) in [7, 11) is -0.273. The zero-order valence-corrected chi connectivity index (χ0v) is 13.4. The van der Waals surface area contributed by atoms with Crippen LogP contribution in [0.2, 0.25) is 0 Å². The van der Waals surface area contributed by atoms with Gasteiger partial charge in [0.05, 0.1) is 11.2 Å². The Labute approximate surface area is 123 Å². The number of rotatable bonds is 3. The predicted molar refractivity (Wildman–Crippen MR) is 85.6 cm³/mol. The Balaban J connectivity index is 2.04. The maximum atomic E-state index is 5.94. The van der Waals surface area contributed by atoms with Gasteiger partial charge in [0, 0.05) is 0 Å². The SMILES string of the molecule is CC(C)c1ccc(C=CB2OC(C)(C)C(C)(C)O2)cc1. The van der Waals surface area contributed by atoms with E-state index < -0.39 is 0 Å². The van der Waals surface area contributed by atoms with Crippen LogP contribution in [0.3, 0.4) is 0 Å². The average Bonchev–Trinajstić information content (AvgIpc) is 2.56. The molecule has 108 valence electrons. The van der Waals surface area contributed by atoms with E-state index in [4.69, 9.17) is 9.31 Å². The minimum atomic E-state index is -0.274. The van der Waals surface area contributed by atoms with E-state index in [-0.39, 0.29) is 18.3 Å². The zero-order chi connectivity index (χ0) is 15.0. The second-order valence-corrected chi connectivity index (χ2v) is 6.81. The summed E-state index contributed by atoms with van der Waals surface area (Å²) in [5.41, 5.74) is 1.98. The number of benzene rings is 1. The van der Waals surface area contributed by atoms with Gasteiger partial charge in [-0.3, -0.25) is 0 Å². The minimum absolute atomic E-state index is 0.273. The van der Waals surface area contributed by atoms with Crippen LogP contribution in [-0.4, -0.2) is 18.3 Å². The molecule has 0 spiro atoms. The van der Waals surface area contributed by atoms with Crippen molar-refractivity contribution in [2.24, 2.45) is 0 Å². The van der Waals surface area contributed by atoms with Gasteiger partial charge in [0.2, 0.25) is 0 Å². The van der Waals surface area contributed by atoms with Gasteiger partial charge in [-0.05, 0) is 44.7 Å². The van der Waals surface area contributed by atoms with Crippen LogP contribution in [0.25, 0.3) is 6.08 Å². The Morgan fingerprint density at radius 3 is 1.90 bits per heavy atom. The molecule has 0 aliphatic carbocycles. The van der Waals surface area contributed by atoms with Crippen molar-refractivity contribution in [2.75, 3.05) is 0 Å². The highest BCUT2D eigenvalue weighted by Gasteiger charge is 2.49. The monoisotopic (exact) mass is 272 g/mol. The molecule has 2 rings (SSSR count). The maximum absolute atomic E-state index is 5.94. The molecule has 1 fully saturated rings. The topological polar surface area (TPSA) is 18.5 Å². The Hall–Kier alpha value is -1.06. The van der Waals surface area contributed by atoms with Crippen LogP contribution in [0.1, 0.15) is 58.6 Å². The van der Waals surface area contributed by atoms with Crippen molar-refractivity contribution >= 4 is 13.2 Å². The van der Waals surface area contributed by atoms with E-state index in [2.05, 4.69) is 71.9 Å². The van der Waals surface area contributed by atoms with Crippen molar-refractivity contribution in [1.82, 2.24) is 0 Å². The Morgan fingerprint density at radius 2 is 1.45 bits per heavy atom. The second-order valence-electron chi connectivity index (χ2n) is 6.81. The summed E-state index contributed by atoms with van der Waals surface area (Å²) in [6.45, 7) is 12.7. The molecular formula is C17H25BO2. The molecule has 0 unspecified atom stereocenters. The van der Waals surface area contributed by atoms with Crippen molar-refractivity contribution in [3.05, 3.63) is 41.4 Å². The van der Waals surface area contributed by atoms with Crippen molar-refractivity contribution in [1.29, 1.82) is 0 Å². The molecule has 0 bridgehead atoms. The van der Waals surface area contributed by atoms with Crippen LogP contribution in [0.4, 0.5) is 0 Å². The summed E-state index contributed by atoms with van der Waals surface area (Å²) in [6, 6.07) is 8.62. The van der Waals surface area contributed by atoms with Crippen LogP contribution < -0.4 is 0 Å². The average molecular weight is 272 g/mol. The highest BCUT2D eigenvalue weighted by atomic mass is 16.7. The molecular weight excluding hydrogens is 247 g/mol. The van der Waals surface area contributed by atoms with Crippen molar-refractivity contribution in [3.63, 3.8) is 0 Å². The van der Waals surface area contributed by atoms with Gasteiger partial charge < -0.3 is 9.31 Å². The lowest BCUT2D eigenvalue weighted by atomic mass is 9.89. The molecule has 1 aliphatic rings. The Kier molecular flexibility index (Phi) is 4.13. The lowest BCUT2D eigenvalue weighted by Crippen LogP contribution is -2.41. The van der Waals surface area contributed by atoms with Crippen LogP contribution in [0.5, 0.6) is 0 Å². The summed E-state index contributed by atoms with van der Waals surface area (Å²) in [6.07, 6.45) is 2.06. The summed E-state index contributed by atoms with van der Waals surface area (Å²) in [5.74, 6) is 2.55. The largest absolute Gasteiger partial charge is 0.487 e. The van der Waals surface area contributed by atoms with Gasteiger partial charge in [-0.2, -0.15) is 0 Å². The number of hydrogen-bond acceptors (Lipinski definition) is 2. The molecule has 0 amide bonds. The molecule has 0 N–H and O–H groups in total. The third kappa shape index (κ3) is 3.16. The summed E-state index contributed by atoms with van der Waals surface area (Å²) >= 11 is 0. The van der Waals surface area contributed by atoms with E-state index >= 15 is 0 Å². The molecule has 1 aromatic carbocycles. The van der Waals surface area contributed by atoms with Crippen molar-refractivity contribution in [3.8, 4) is 0 Å². The Morgan fingerprint density at radius 1 is 0.950 bits per heavy atom. The molecule has 1 heterocycles. The van der Waals surface area contributed by atoms with Crippen LogP contribution in [-0.2, 0) is 9.31 Å².